The molecule has 1 atom stereocenters. The second-order valence-electron chi connectivity index (χ2n) is 6.54. The number of anilines is 1. The van der Waals surface area contributed by atoms with Crippen LogP contribution in [0.5, 0.6) is 11.5 Å². The fraction of sp³-hybridized carbons (Fsp3) is 0.182. The molecule has 2 N–H and O–H groups in total. The summed E-state index contributed by atoms with van der Waals surface area (Å²) in [6, 6.07) is 15.7. The van der Waals surface area contributed by atoms with Crippen molar-refractivity contribution in [2.24, 2.45) is 0 Å². The number of H-pyrrole nitrogens is 1. The van der Waals surface area contributed by atoms with Crippen molar-refractivity contribution in [2.75, 3.05) is 19.0 Å². The minimum Gasteiger partial charge on any atom is -0.493 e. The van der Waals surface area contributed by atoms with Gasteiger partial charge in [0.1, 0.15) is 6.61 Å². The van der Waals surface area contributed by atoms with E-state index in [1.54, 1.807) is 13.2 Å². The summed E-state index contributed by atoms with van der Waals surface area (Å²) in [4.78, 5) is 12.3. The zero-order valence-electron chi connectivity index (χ0n) is 15.6. The zero-order valence-corrected chi connectivity index (χ0v) is 15.6. The van der Waals surface area contributed by atoms with E-state index in [4.69, 9.17) is 9.47 Å². The molecule has 1 aliphatic rings. The minimum atomic E-state index is -0.139. The van der Waals surface area contributed by atoms with Crippen molar-refractivity contribution in [1.82, 2.24) is 10.2 Å². The lowest BCUT2D eigenvalue weighted by Crippen LogP contribution is -2.23. The maximum Gasteiger partial charge on any atom is 0.226 e. The average Bonchev–Trinajstić information content (AvgIpc) is 3.16. The number of nitrogens with zero attached hydrogens (tertiary/aromatic N) is 1. The lowest BCUT2D eigenvalue weighted by Gasteiger charge is -2.24. The molecular weight excluding hydrogens is 354 g/mol. The first-order chi connectivity index (χ1) is 13.7. The Balaban J connectivity index is 1.79. The number of nitrogens with one attached hydrogen (secondary N) is 2. The smallest absolute Gasteiger partial charge is 0.226 e. The Kier molecular flexibility index (Phi) is 4.85. The number of hydrogen-bond donors (Lipinski definition) is 2. The van der Waals surface area contributed by atoms with E-state index in [-0.39, 0.29) is 11.8 Å². The maximum absolute atomic E-state index is 12.3. The Morgan fingerprint density at radius 2 is 2.04 bits per heavy atom. The predicted molar refractivity (Wildman–Crippen MR) is 108 cm³/mol. The number of methoxy groups -OCH3 is 1. The van der Waals surface area contributed by atoms with E-state index in [9.17, 15) is 4.79 Å². The van der Waals surface area contributed by atoms with Crippen LogP contribution in [-0.4, -0.2) is 29.8 Å². The summed E-state index contributed by atoms with van der Waals surface area (Å²) in [5.41, 5.74) is 3.88. The number of amides is 1. The van der Waals surface area contributed by atoms with Crippen molar-refractivity contribution >= 4 is 11.7 Å². The van der Waals surface area contributed by atoms with Crippen LogP contribution in [0, 0.1) is 0 Å². The number of hydrogen-bond acceptors (Lipinski definition) is 4. The van der Waals surface area contributed by atoms with Crippen LogP contribution in [0.1, 0.15) is 23.5 Å². The van der Waals surface area contributed by atoms with E-state index in [1.165, 1.54) is 0 Å². The first kappa shape index (κ1) is 17.9. The molecule has 0 spiro atoms. The highest BCUT2D eigenvalue weighted by Gasteiger charge is 2.32. The molecule has 1 amide bonds. The van der Waals surface area contributed by atoms with Gasteiger partial charge < -0.3 is 14.8 Å². The van der Waals surface area contributed by atoms with Crippen molar-refractivity contribution in [3.63, 3.8) is 0 Å². The standard InChI is InChI=1S/C22H21N3O3/c1-3-11-28-17-10-9-15(12-18(17)27-2)16-13-19(26)23-22-20(16)21(24-25-22)14-7-5-4-6-8-14/h3-10,12,16H,1,11,13H2,2H3,(H2,23,24,25,26). The van der Waals surface area contributed by atoms with E-state index in [2.05, 4.69) is 22.1 Å². The van der Waals surface area contributed by atoms with E-state index in [1.807, 2.05) is 48.5 Å². The maximum atomic E-state index is 12.3. The monoisotopic (exact) mass is 375 g/mol. The molecule has 0 fully saturated rings. The van der Waals surface area contributed by atoms with Crippen LogP contribution in [0.2, 0.25) is 0 Å². The summed E-state index contributed by atoms with van der Waals surface area (Å²) in [7, 11) is 1.60. The normalized spacial score (nSPS) is 15.5. The van der Waals surface area contributed by atoms with Crippen LogP contribution in [0.25, 0.3) is 11.3 Å². The molecule has 28 heavy (non-hydrogen) atoms. The quantitative estimate of drug-likeness (QED) is 0.636. The molecule has 3 aromatic rings. The Hall–Kier alpha value is -3.54. The number of carbonyl (C=O) groups excluding carboxylic acids is 1. The van der Waals surface area contributed by atoms with Crippen molar-refractivity contribution < 1.29 is 14.3 Å². The molecule has 6 nitrogen and oxygen atoms in total. The SMILES string of the molecule is C=CCOc1ccc(C2CC(=O)Nc3n[nH]c(-c4ccccc4)c32)cc1OC. The fourth-order valence-corrected chi connectivity index (χ4v) is 3.53. The number of aromatic nitrogens is 2. The third-order valence-electron chi connectivity index (χ3n) is 4.81. The average molecular weight is 375 g/mol. The lowest BCUT2D eigenvalue weighted by molar-refractivity contribution is -0.116. The first-order valence-electron chi connectivity index (χ1n) is 9.06. The highest BCUT2D eigenvalue weighted by molar-refractivity contribution is 5.96. The summed E-state index contributed by atoms with van der Waals surface area (Å²) in [5.74, 6) is 1.64. The van der Waals surface area contributed by atoms with Gasteiger partial charge in [0.25, 0.3) is 0 Å². The van der Waals surface area contributed by atoms with Crippen LogP contribution in [0.3, 0.4) is 0 Å². The Morgan fingerprint density at radius 1 is 1.21 bits per heavy atom. The summed E-state index contributed by atoms with van der Waals surface area (Å²) in [6.07, 6.45) is 2.02. The van der Waals surface area contributed by atoms with Gasteiger partial charge in [0, 0.05) is 17.9 Å². The van der Waals surface area contributed by atoms with E-state index >= 15 is 0 Å². The van der Waals surface area contributed by atoms with Gasteiger partial charge >= 0.3 is 0 Å². The molecule has 4 rings (SSSR count). The van der Waals surface area contributed by atoms with Gasteiger partial charge in [-0.05, 0) is 23.3 Å². The Labute approximate surface area is 163 Å². The third kappa shape index (κ3) is 3.24. The molecule has 1 aromatic heterocycles. The molecule has 0 saturated carbocycles. The van der Waals surface area contributed by atoms with Gasteiger partial charge in [0.2, 0.25) is 5.91 Å². The summed E-state index contributed by atoms with van der Waals surface area (Å²) in [5, 5.41) is 10.3. The van der Waals surface area contributed by atoms with E-state index in [0.717, 1.165) is 22.4 Å². The highest BCUT2D eigenvalue weighted by atomic mass is 16.5. The Morgan fingerprint density at radius 3 is 2.79 bits per heavy atom. The number of fused-ring (bicyclic) bond motifs is 1. The van der Waals surface area contributed by atoms with Crippen molar-refractivity contribution in [2.45, 2.75) is 12.3 Å². The number of aromatic amines is 1. The summed E-state index contributed by atoms with van der Waals surface area (Å²) >= 11 is 0. The number of ether oxygens (including phenoxy) is 2. The molecule has 2 aromatic carbocycles. The van der Waals surface area contributed by atoms with Crippen LogP contribution < -0.4 is 14.8 Å². The number of benzene rings is 2. The van der Waals surface area contributed by atoms with Crippen molar-refractivity contribution in [1.29, 1.82) is 0 Å². The molecule has 0 radical (unpaired) electrons. The number of carbonyl (C=O) groups is 1. The van der Waals surface area contributed by atoms with Crippen molar-refractivity contribution in [3.8, 4) is 22.8 Å². The van der Waals surface area contributed by atoms with Crippen molar-refractivity contribution in [3.05, 3.63) is 72.3 Å². The number of rotatable bonds is 6. The fourth-order valence-electron chi connectivity index (χ4n) is 3.53. The predicted octanol–water partition coefficient (Wildman–Crippen LogP) is 4.12. The van der Waals surface area contributed by atoms with Crippen LogP contribution in [-0.2, 0) is 4.79 Å². The molecule has 0 bridgehead atoms. The van der Waals surface area contributed by atoms with E-state index < -0.39 is 0 Å². The summed E-state index contributed by atoms with van der Waals surface area (Å²) in [6.45, 7) is 4.06. The van der Waals surface area contributed by atoms with Gasteiger partial charge in [0.15, 0.2) is 17.3 Å². The van der Waals surface area contributed by atoms with E-state index in [0.29, 0.717) is 30.3 Å². The molecular formula is C22H21N3O3. The highest BCUT2D eigenvalue weighted by Crippen LogP contribution is 2.43. The zero-order chi connectivity index (χ0) is 19.5. The largest absolute Gasteiger partial charge is 0.493 e. The molecule has 6 heteroatoms. The van der Waals surface area contributed by atoms with Crippen LogP contribution in [0.15, 0.2) is 61.2 Å². The third-order valence-corrected chi connectivity index (χ3v) is 4.81. The molecule has 0 aliphatic carbocycles. The molecule has 1 unspecified atom stereocenters. The van der Waals surface area contributed by atoms with Gasteiger partial charge in [-0.1, -0.05) is 49.1 Å². The lowest BCUT2D eigenvalue weighted by atomic mass is 9.84. The summed E-state index contributed by atoms with van der Waals surface area (Å²) < 4.78 is 11.1. The van der Waals surface area contributed by atoms with Crippen LogP contribution in [0.4, 0.5) is 5.82 Å². The topological polar surface area (TPSA) is 76.2 Å². The van der Waals surface area contributed by atoms with Gasteiger partial charge in [-0.15, -0.1) is 0 Å². The molecule has 142 valence electrons. The first-order valence-corrected chi connectivity index (χ1v) is 9.06. The van der Waals surface area contributed by atoms with Crippen LogP contribution >= 0.6 is 0 Å². The molecule has 2 heterocycles. The Bertz CT molecular complexity index is 1010. The van der Waals surface area contributed by atoms with Gasteiger partial charge in [-0.2, -0.15) is 5.10 Å². The molecule has 0 saturated heterocycles. The second-order valence-corrected chi connectivity index (χ2v) is 6.54. The second kappa shape index (κ2) is 7.60. The van der Waals surface area contributed by atoms with Gasteiger partial charge in [0.05, 0.1) is 12.8 Å². The van der Waals surface area contributed by atoms with Gasteiger partial charge in [-0.25, -0.2) is 0 Å². The minimum absolute atomic E-state index is 0.0606. The van der Waals surface area contributed by atoms with Gasteiger partial charge in [-0.3, -0.25) is 9.89 Å². The molecule has 1 aliphatic heterocycles.